The van der Waals surface area contributed by atoms with Crippen molar-refractivity contribution in [3.63, 3.8) is 0 Å². The predicted octanol–water partition coefficient (Wildman–Crippen LogP) is 3.83. The molecule has 0 unspecified atom stereocenters. The first-order chi connectivity index (χ1) is 10.3. The molecule has 0 fully saturated rings. The zero-order valence-electron chi connectivity index (χ0n) is 13.7. The van der Waals surface area contributed by atoms with Gasteiger partial charge in [-0.25, -0.2) is 9.97 Å². The van der Waals surface area contributed by atoms with Gasteiger partial charge in [0.25, 0.3) is 0 Å². The molecule has 0 spiro atoms. The summed E-state index contributed by atoms with van der Waals surface area (Å²) in [5, 5.41) is 6.44. The van der Waals surface area contributed by atoms with Gasteiger partial charge in [0.05, 0.1) is 0 Å². The molecular formula is C16H30N4O. The summed E-state index contributed by atoms with van der Waals surface area (Å²) in [6.45, 7) is 6.31. The van der Waals surface area contributed by atoms with E-state index in [-0.39, 0.29) is 0 Å². The maximum Gasteiger partial charge on any atom is 0.158 e. The van der Waals surface area contributed by atoms with E-state index in [2.05, 4.69) is 27.5 Å². The van der Waals surface area contributed by atoms with Gasteiger partial charge in [0.15, 0.2) is 5.82 Å². The highest BCUT2D eigenvalue weighted by atomic mass is 16.5. The topological polar surface area (TPSA) is 59.1 Å². The van der Waals surface area contributed by atoms with Gasteiger partial charge < -0.3 is 15.4 Å². The van der Waals surface area contributed by atoms with E-state index in [4.69, 9.17) is 4.74 Å². The molecule has 1 heterocycles. The van der Waals surface area contributed by atoms with E-state index in [9.17, 15) is 0 Å². The first-order valence-electron chi connectivity index (χ1n) is 8.17. The number of aromatic nitrogens is 2. The van der Waals surface area contributed by atoms with E-state index in [0.29, 0.717) is 19.0 Å². The van der Waals surface area contributed by atoms with Crippen LogP contribution in [0.25, 0.3) is 0 Å². The lowest BCUT2D eigenvalue weighted by atomic mass is 10.1. The minimum absolute atomic E-state index is 0.456. The number of hydrogen-bond donors (Lipinski definition) is 2. The summed E-state index contributed by atoms with van der Waals surface area (Å²) < 4.78 is 5.37. The quantitative estimate of drug-likeness (QED) is 0.574. The molecule has 0 atom stereocenters. The lowest BCUT2D eigenvalue weighted by Crippen LogP contribution is -2.08. The van der Waals surface area contributed by atoms with Crippen LogP contribution in [0.5, 0.6) is 0 Å². The van der Waals surface area contributed by atoms with E-state index in [1.165, 1.54) is 38.5 Å². The van der Waals surface area contributed by atoms with Crippen molar-refractivity contribution >= 4 is 11.6 Å². The number of unbranched alkanes of at least 4 members (excludes halogenated alkanes) is 5. The van der Waals surface area contributed by atoms with Crippen LogP contribution in [-0.2, 0) is 11.3 Å². The molecule has 0 aliphatic carbocycles. The Hall–Kier alpha value is -1.36. The molecule has 21 heavy (non-hydrogen) atoms. The normalized spacial score (nSPS) is 10.6. The maximum absolute atomic E-state index is 5.37. The van der Waals surface area contributed by atoms with Crippen molar-refractivity contribution in [1.29, 1.82) is 0 Å². The molecule has 0 bridgehead atoms. The second-order valence-electron chi connectivity index (χ2n) is 5.14. The highest BCUT2D eigenvalue weighted by molar-refractivity contribution is 5.47. The predicted molar refractivity (Wildman–Crippen MR) is 88.8 cm³/mol. The Morgan fingerprint density at radius 3 is 2.43 bits per heavy atom. The van der Waals surface area contributed by atoms with Gasteiger partial charge in [-0.05, 0) is 13.3 Å². The number of nitrogens with zero attached hydrogens (tertiary/aromatic N) is 2. The van der Waals surface area contributed by atoms with Crippen LogP contribution in [0.15, 0.2) is 6.07 Å². The zero-order chi connectivity index (χ0) is 15.3. The second-order valence-corrected chi connectivity index (χ2v) is 5.14. The van der Waals surface area contributed by atoms with Gasteiger partial charge >= 0.3 is 0 Å². The highest BCUT2D eigenvalue weighted by Gasteiger charge is 2.03. The first kappa shape index (κ1) is 17.7. The number of hydrogen-bond acceptors (Lipinski definition) is 5. The Morgan fingerprint density at radius 1 is 1.00 bits per heavy atom. The molecule has 5 nitrogen and oxygen atoms in total. The first-order valence-corrected chi connectivity index (χ1v) is 8.17. The molecule has 0 saturated heterocycles. The van der Waals surface area contributed by atoms with Crippen molar-refractivity contribution in [2.24, 2.45) is 0 Å². The summed E-state index contributed by atoms with van der Waals surface area (Å²) in [5.74, 6) is 2.41. The number of ether oxygens (including phenoxy) is 1. The molecule has 0 aromatic carbocycles. The van der Waals surface area contributed by atoms with Crippen LogP contribution in [0, 0.1) is 0 Å². The van der Waals surface area contributed by atoms with Gasteiger partial charge in [-0.15, -0.1) is 0 Å². The molecule has 120 valence electrons. The van der Waals surface area contributed by atoms with Crippen LogP contribution in [0.1, 0.15) is 58.2 Å². The van der Waals surface area contributed by atoms with Gasteiger partial charge in [0, 0.05) is 26.3 Å². The Kier molecular flexibility index (Phi) is 9.53. The number of nitrogens with one attached hydrogen (secondary N) is 2. The molecule has 1 aromatic heterocycles. The van der Waals surface area contributed by atoms with Crippen LogP contribution in [0.4, 0.5) is 11.6 Å². The van der Waals surface area contributed by atoms with E-state index >= 15 is 0 Å². The van der Waals surface area contributed by atoms with E-state index in [1.807, 2.05) is 20.0 Å². The van der Waals surface area contributed by atoms with Crippen LogP contribution in [0.3, 0.4) is 0 Å². The third-order valence-corrected chi connectivity index (χ3v) is 3.30. The fourth-order valence-corrected chi connectivity index (χ4v) is 2.10. The lowest BCUT2D eigenvalue weighted by molar-refractivity contribution is 0.128. The van der Waals surface area contributed by atoms with Gasteiger partial charge in [-0.1, -0.05) is 39.0 Å². The molecular weight excluding hydrogens is 264 g/mol. The van der Waals surface area contributed by atoms with Crippen LogP contribution in [0.2, 0.25) is 0 Å². The van der Waals surface area contributed by atoms with E-state index < -0.39 is 0 Å². The summed E-state index contributed by atoms with van der Waals surface area (Å²) in [6, 6.07) is 1.94. The molecule has 0 aliphatic rings. The third kappa shape index (κ3) is 7.85. The Bertz CT molecular complexity index is 385. The summed E-state index contributed by atoms with van der Waals surface area (Å²) in [7, 11) is 1.87. The smallest absolute Gasteiger partial charge is 0.158 e. The van der Waals surface area contributed by atoms with Crippen molar-refractivity contribution < 1.29 is 4.74 Å². The lowest BCUT2D eigenvalue weighted by Gasteiger charge is -2.10. The molecule has 5 heteroatoms. The largest absolute Gasteiger partial charge is 0.374 e. The van der Waals surface area contributed by atoms with Gasteiger partial charge in [-0.2, -0.15) is 0 Å². The van der Waals surface area contributed by atoms with Crippen molar-refractivity contribution in [3.8, 4) is 0 Å². The molecule has 0 saturated carbocycles. The second kappa shape index (κ2) is 11.3. The van der Waals surface area contributed by atoms with Crippen molar-refractivity contribution in [1.82, 2.24) is 9.97 Å². The number of rotatable bonds is 12. The highest BCUT2D eigenvalue weighted by Crippen LogP contribution is 2.12. The summed E-state index contributed by atoms with van der Waals surface area (Å²) in [4.78, 5) is 8.86. The van der Waals surface area contributed by atoms with Gasteiger partial charge in [0.1, 0.15) is 18.2 Å². The summed E-state index contributed by atoms with van der Waals surface area (Å²) >= 11 is 0. The fourth-order valence-electron chi connectivity index (χ4n) is 2.10. The van der Waals surface area contributed by atoms with Crippen LogP contribution < -0.4 is 10.6 Å². The molecule has 1 aromatic rings. The minimum atomic E-state index is 0.456. The van der Waals surface area contributed by atoms with Crippen molar-refractivity contribution in [2.75, 3.05) is 30.8 Å². The van der Waals surface area contributed by atoms with Gasteiger partial charge in [-0.3, -0.25) is 0 Å². The van der Waals surface area contributed by atoms with E-state index in [0.717, 1.165) is 18.2 Å². The summed E-state index contributed by atoms with van der Waals surface area (Å²) in [6.07, 6.45) is 7.80. The van der Waals surface area contributed by atoms with Crippen LogP contribution in [-0.4, -0.2) is 30.2 Å². The average molecular weight is 294 g/mol. The SMILES string of the molecule is CCCCCCCCNc1cc(NC)nc(COCC)n1. The zero-order valence-corrected chi connectivity index (χ0v) is 13.7. The summed E-state index contributed by atoms with van der Waals surface area (Å²) in [5.41, 5.74) is 0. The molecule has 0 radical (unpaired) electrons. The molecule has 0 amide bonds. The Balaban J connectivity index is 2.35. The van der Waals surface area contributed by atoms with E-state index in [1.54, 1.807) is 0 Å². The standard InChI is InChI=1S/C16H30N4O/c1-4-6-7-8-9-10-11-18-15-12-14(17-3)19-16(20-15)13-21-5-2/h12H,4-11,13H2,1-3H3,(H2,17,18,19,20). The van der Waals surface area contributed by atoms with Gasteiger partial charge in [0.2, 0.25) is 0 Å². The number of anilines is 2. The van der Waals surface area contributed by atoms with Crippen molar-refractivity contribution in [3.05, 3.63) is 11.9 Å². The molecule has 0 aliphatic heterocycles. The maximum atomic E-state index is 5.37. The Morgan fingerprint density at radius 2 is 1.71 bits per heavy atom. The fraction of sp³-hybridized carbons (Fsp3) is 0.750. The Labute approximate surface area is 128 Å². The minimum Gasteiger partial charge on any atom is -0.374 e. The van der Waals surface area contributed by atoms with Crippen LogP contribution >= 0.6 is 0 Å². The average Bonchev–Trinajstić information content (AvgIpc) is 2.51. The monoisotopic (exact) mass is 294 g/mol. The third-order valence-electron chi connectivity index (χ3n) is 3.30. The molecule has 2 N–H and O–H groups in total. The van der Waals surface area contributed by atoms with Crippen molar-refractivity contribution in [2.45, 2.75) is 59.0 Å². The molecule has 1 rings (SSSR count).